The highest BCUT2D eigenvalue weighted by atomic mass is 16.5. The summed E-state index contributed by atoms with van der Waals surface area (Å²) in [5.74, 6) is 0.481. The average molecular weight is 202 g/mol. The molecule has 4 nitrogen and oxygen atoms in total. The van der Waals surface area contributed by atoms with Crippen molar-refractivity contribution < 1.29 is 9.53 Å². The molecule has 0 fully saturated rings. The van der Waals surface area contributed by atoms with Crippen molar-refractivity contribution in [1.29, 1.82) is 0 Å². The number of ether oxygens (including phenoxy) is 1. The third kappa shape index (κ3) is 5.94. The molecule has 0 radical (unpaired) electrons. The maximum atomic E-state index is 11.6. The van der Waals surface area contributed by atoms with E-state index in [9.17, 15) is 4.79 Å². The Morgan fingerprint density at radius 1 is 1.57 bits per heavy atom. The van der Waals surface area contributed by atoms with Crippen molar-refractivity contribution in [2.75, 3.05) is 40.9 Å². The molecule has 1 N–H and O–H groups in total. The van der Waals surface area contributed by atoms with Gasteiger partial charge in [0.15, 0.2) is 0 Å². The molecule has 0 aliphatic heterocycles. The van der Waals surface area contributed by atoms with Crippen LogP contribution in [0.3, 0.4) is 0 Å². The van der Waals surface area contributed by atoms with Gasteiger partial charge in [-0.3, -0.25) is 4.79 Å². The van der Waals surface area contributed by atoms with Gasteiger partial charge in [-0.2, -0.15) is 0 Å². The molecule has 84 valence electrons. The van der Waals surface area contributed by atoms with Gasteiger partial charge in [-0.15, -0.1) is 0 Å². The Morgan fingerprint density at radius 2 is 2.21 bits per heavy atom. The van der Waals surface area contributed by atoms with E-state index in [0.717, 1.165) is 13.1 Å². The summed E-state index contributed by atoms with van der Waals surface area (Å²) in [6, 6.07) is 0. The summed E-state index contributed by atoms with van der Waals surface area (Å²) in [5.41, 5.74) is 0. The molecule has 0 spiro atoms. The van der Waals surface area contributed by atoms with Crippen LogP contribution in [0.15, 0.2) is 0 Å². The van der Waals surface area contributed by atoms with E-state index in [4.69, 9.17) is 4.74 Å². The molecule has 1 atom stereocenters. The Balaban J connectivity index is 3.71. The normalized spacial score (nSPS) is 12.6. The van der Waals surface area contributed by atoms with Crippen LogP contribution in [0, 0.1) is 5.92 Å². The van der Waals surface area contributed by atoms with E-state index in [1.54, 1.807) is 12.0 Å². The van der Waals surface area contributed by atoms with Gasteiger partial charge in [-0.05, 0) is 13.0 Å². The summed E-state index contributed by atoms with van der Waals surface area (Å²) in [6.07, 6.45) is 0.564. The summed E-state index contributed by atoms with van der Waals surface area (Å²) in [7, 11) is 5.37. The smallest absolute Gasteiger partial charge is 0.222 e. The number of rotatable bonds is 7. The zero-order valence-electron chi connectivity index (χ0n) is 9.67. The number of nitrogens with zero attached hydrogens (tertiary/aromatic N) is 1. The predicted molar refractivity (Wildman–Crippen MR) is 57.2 cm³/mol. The molecule has 0 aromatic carbocycles. The van der Waals surface area contributed by atoms with E-state index in [1.807, 2.05) is 21.0 Å². The number of hydrogen-bond acceptors (Lipinski definition) is 3. The molecule has 0 aliphatic rings. The quantitative estimate of drug-likeness (QED) is 0.647. The van der Waals surface area contributed by atoms with Gasteiger partial charge in [-0.25, -0.2) is 0 Å². The lowest BCUT2D eigenvalue weighted by molar-refractivity contribution is -0.131. The van der Waals surface area contributed by atoms with Crippen LogP contribution < -0.4 is 5.32 Å². The predicted octanol–water partition coefficient (Wildman–Crippen LogP) is 0.337. The van der Waals surface area contributed by atoms with E-state index in [0.29, 0.717) is 18.9 Å². The highest BCUT2D eigenvalue weighted by Crippen LogP contribution is 2.04. The number of amides is 1. The van der Waals surface area contributed by atoms with Gasteiger partial charge in [0, 0.05) is 40.3 Å². The summed E-state index contributed by atoms with van der Waals surface area (Å²) < 4.78 is 4.98. The van der Waals surface area contributed by atoms with Crippen LogP contribution in [-0.4, -0.2) is 51.7 Å². The van der Waals surface area contributed by atoms with Crippen LogP contribution in [-0.2, 0) is 9.53 Å². The van der Waals surface area contributed by atoms with E-state index in [2.05, 4.69) is 5.32 Å². The van der Waals surface area contributed by atoms with E-state index < -0.39 is 0 Å². The van der Waals surface area contributed by atoms with Crippen molar-refractivity contribution in [2.24, 2.45) is 5.92 Å². The van der Waals surface area contributed by atoms with Crippen molar-refractivity contribution >= 4 is 5.91 Å². The lowest BCUT2D eigenvalue weighted by Crippen LogP contribution is -2.33. The zero-order chi connectivity index (χ0) is 11.0. The van der Waals surface area contributed by atoms with Gasteiger partial charge >= 0.3 is 0 Å². The van der Waals surface area contributed by atoms with Gasteiger partial charge in [0.05, 0.1) is 0 Å². The summed E-state index contributed by atoms with van der Waals surface area (Å²) in [5, 5.41) is 3.01. The highest BCUT2D eigenvalue weighted by molar-refractivity contribution is 5.76. The maximum Gasteiger partial charge on any atom is 0.222 e. The standard InChI is InChI=1S/C10H22N2O2/c1-9(8-14-4)7-10(13)12(3)6-5-11-2/h9,11H,5-8H2,1-4H3. The zero-order valence-corrected chi connectivity index (χ0v) is 9.67. The number of likely N-dealkylation sites (N-methyl/N-ethyl adjacent to an activating group) is 2. The topological polar surface area (TPSA) is 41.6 Å². The Morgan fingerprint density at radius 3 is 2.71 bits per heavy atom. The molecule has 0 aromatic heterocycles. The minimum Gasteiger partial charge on any atom is -0.384 e. The van der Waals surface area contributed by atoms with Crippen LogP contribution in [0.4, 0.5) is 0 Å². The summed E-state index contributed by atoms with van der Waals surface area (Å²) >= 11 is 0. The highest BCUT2D eigenvalue weighted by Gasteiger charge is 2.12. The molecule has 14 heavy (non-hydrogen) atoms. The maximum absolute atomic E-state index is 11.6. The Kier molecular flexibility index (Phi) is 7.42. The molecule has 0 saturated heterocycles. The number of carbonyl (C=O) groups excluding carboxylic acids is 1. The Hall–Kier alpha value is -0.610. The second-order valence-electron chi connectivity index (χ2n) is 3.68. The molecule has 0 saturated carbocycles. The molecular weight excluding hydrogens is 180 g/mol. The van der Waals surface area contributed by atoms with Crippen molar-refractivity contribution in [3.63, 3.8) is 0 Å². The Labute approximate surface area is 86.6 Å². The number of hydrogen-bond donors (Lipinski definition) is 1. The van der Waals surface area contributed by atoms with E-state index in [-0.39, 0.29) is 5.91 Å². The van der Waals surface area contributed by atoms with Crippen molar-refractivity contribution in [2.45, 2.75) is 13.3 Å². The molecule has 0 rings (SSSR count). The molecule has 0 aliphatic carbocycles. The molecular formula is C10H22N2O2. The first-order valence-electron chi connectivity index (χ1n) is 4.99. The SMILES string of the molecule is CNCCN(C)C(=O)CC(C)COC. The fourth-order valence-corrected chi connectivity index (χ4v) is 1.20. The van der Waals surface area contributed by atoms with E-state index in [1.165, 1.54) is 0 Å². The van der Waals surface area contributed by atoms with Crippen molar-refractivity contribution in [1.82, 2.24) is 10.2 Å². The second kappa shape index (κ2) is 7.76. The molecule has 4 heteroatoms. The van der Waals surface area contributed by atoms with Crippen molar-refractivity contribution in [3.8, 4) is 0 Å². The van der Waals surface area contributed by atoms with Gasteiger partial charge < -0.3 is 15.0 Å². The minimum atomic E-state index is 0.185. The monoisotopic (exact) mass is 202 g/mol. The van der Waals surface area contributed by atoms with Crippen LogP contribution >= 0.6 is 0 Å². The second-order valence-corrected chi connectivity index (χ2v) is 3.68. The van der Waals surface area contributed by atoms with Gasteiger partial charge in [0.25, 0.3) is 0 Å². The fraction of sp³-hybridized carbons (Fsp3) is 0.900. The Bertz CT molecular complexity index is 162. The lowest BCUT2D eigenvalue weighted by atomic mass is 10.1. The number of methoxy groups -OCH3 is 1. The van der Waals surface area contributed by atoms with E-state index >= 15 is 0 Å². The number of carbonyl (C=O) groups is 1. The molecule has 1 unspecified atom stereocenters. The summed E-state index contributed by atoms with van der Waals surface area (Å²) in [4.78, 5) is 13.3. The first-order valence-corrected chi connectivity index (χ1v) is 4.99. The molecule has 0 aromatic rings. The molecule has 0 heterocycles. The first-order chi connectivity index (χ1) is 6.61. The number of nitrogens with one attached hydrogen (secondary N) is 1. The summed E-state index contributed by atoms with van der Waals surface area (Å²) in [6.45, 7) is 4.26. The fourth-order valence-electron chi connectivity index (χ4n) is 1.20. The van der Waals surface area contributed by atoms with Gasteiger partial charge in [0.2, 0.25) is 5.91 Å². The third-order valence-electron chi connectivity index (χ3n) is 2.10. The first kappa shape index (κ1) is 13.4. The van der Waals surface area contributed by atoms with Crippen LogP contribution in [0.5, 0.6) is 0 Å². The largest absolute Gasteiger partial charge is 0.384 e. The van der Waals surface area contributed by atoms with Crippen molar-refractivity contribution in [3.05, 3.63) is 0 Å². The van der Waals surface area contributed by atoms with Gasteiger partial charge in [-0.1, -0.05) is 6.92 Å². The lowest BCUT2D eigenvalue weighted by Gasteiger charge is -2.19. The minimum absolute atomic E-state index is 0.185. The van der Waals surface area contributed by atoms with Gasteiger partial charge in [0.1, 0.15) is 0 Å². The molecule has 1 amide bonds. The van der Waals surface area contributed by atoms with Crippen LogP contribution in [0.1, 0.15) is 13.3 Å². The van der Waals surface area contributed by atoms with Crippen LogP contribution in [0.25, 0.3) is 0 Å². The average Bonchev–Trinajstić information content (AvgIpc) is 2.14. The third-order valence-corrected chi connectivity index (χ3v) is 2.10. The van der Waals surface area contributed by atoms with Crippen LogP contribution in [0.2, 0.25) is 0 Å². The molecule has 0 bridgehead atoms.